The maximum atomic E-state index is 13.5. The average Bonchev–Trinajstić information content (AvgIpc) is 2.30. The second-order valence-corrected chi connectivity index (χ2v) is 3.87. The molecule has 18 heavy (non-hydrogen) atoms. The molecule has 0 heterocycles. The molecule has 96 valence electrons. The molecule has 2 unspecified atom stereocenters. The lowest BCUT2D eigenvalue weighted by Gasteiger charge is -2.17. The number of carbonyl (C=O) groups excluding carboxylic acids is 1. The van der Waals surface area contributed by atoms with Gasteiger partial charge in [0.2, 0.25) is 5.91 Å². The first-order chi connectivity index (χ1) is 8.45. The van der Waals surface area contributed by atoms with Gasteiger partial charge in [0.15, 0.2) is 0 Å². The smallest absolute Gasteiger partial charge is 0.220 e. The second kappa shape index (κ2) is 6.10. The molecule has 1 aromatic rings. The third-order valence-corrected chi connectivity index (χ3v) is 2.46. The number of aliphatic hydroxyl groups is 2. The van der Waals surface area contributed by atoms with E-state index in [9.17, 15) is 19.4 Å². The third kappa shape index (κ3) is 3.52. The van der Waals surface area contributed by atoms with E-state index in [4.69, 9.17) is 11.0 Å². The van der Waals surface area contributed by atoms with Gasteiger partial charge < -0.3 is 15.9 Å². The summed E-state index contributed by atoms with van der Waals surface area (Å²) < 4.78 is 13.5. The molecule has 0 saturated carbocycles. The van der Waals surface area contributed by atoms with Gasteiger partial charge in [-0.05, 0) is 11.6 Å². The minimum Gasteiger partial charge on any atom is -0.390 e. The van der Waals surface area contributed by atoms with Gasteiger partial charge in [-0.2, -0.15) is 5.26 Å². The third-order valence-electron chi connectivity index (χ3n) is 2.46. The molecule has 1 aromatic carbocycles. The molecule has 0 spiro atoms. The van der Waals surface area contributed by atoms with E-state index in [2.05, 4.69) is 0 Å². The first-order valence-electron chi connectivity index (χ1n) is 5.25. The Balaban J connectivity index is 2.87. The van der Waals surface area contributed by atoms with E-state index >= 15 is 0 Å². The molecule has 1 amide bonds. The van der Waals surface area contributed by atoms with Crippen molar-refractivity contribution in [2.24, 2.45) is 5.73 Å². The van der Waals surface area contributed by atoms with E-state index in [0.717, 1.165) is 6.07 Å². The van der Waals surface area contributed by atoms with Gasteiger partial charge in [0.25, 0.3) is 0 Å². The van der Waals surface area contributed by atoms with E-state index in [-0.39, 0.29) is 17.5 Å². The molecule has 1 rings (SSSR count). The molecule has 0 aliphatic heterocycles. The summed E-state index contributed by atoms with van der Waals surface area (Å²) in [5, 5.41) is 27.6. The molecule has 0 aliphatic carbocycles. The fourth-order valence-corrected chi connectivity index (χ4v) is 1.52. The van der Waals surface area contributed by atoms with E-state index in [1.54, 1.807) is 0 Å². The van der Waals surface area contributed by atoms with Crippen molar-refractivity contribution in [1.82, 2.24) is 0 Å². The van der Waals surface area contributed by atoms with Crippen molar-refractivity contribution in [3.63, 3.8) is 0 Å². The maximum Gasteiger partial charge on any atom is 0.220 e. The van der Waals surface area contributed by atoms with Gasteiger partial charge in [0.1, 0.15) is 11.9 Å². The van der Waals surface area contributed by atoms with Gasteiger partial charge in [-0.15, -0.1) is 0 Å². The number of rotatable bonds is 5. The normalized spacial score (nSPS) is 13.7. The first-order valence-corrected chi connectivity index (χ1v) is 5.25. The molecule has 5 nitrogen and oxygen atoms in total. The first kappa shape index (κ1) is 14.1. The lowest BCUT2D eigenvalue weighted by atomic mass is 9.99. The molecule has 0 fully saturated rings. The minimum atomic E-state index is -1.40. The highest BCUT2D eigenvalue weighted by Crippen LogP contribution is 2.21. The predicted molar refractivity (Wildman–Crippen MR) is 60.5 cm³/mol. The second-order valence-electron chi connectivity index (χ2n) is 3.87. The van der Waals surface area contributed by atoms with Crippen molar-refractivity contribution in [3.05, 3.63) is 35.1 Å². The number of carbonyl (C=O) groups is 1. The quantitative estimate of drug-likeness (QED) is 0.693. The van der Waals surface area contributed by atoms with Gasteiger partial charge in [-0.25, -0.2) is 4.39 Å². The van der Waals surface area contributed by atoms with Gasteiger partial charge in [0.05, 0.1) is 25.0 Å². The highest BCUT2D eigenvalue weighted by molar-refractivity contribution is 5.74. The number of nitriles is 1. The highest BCUT2D eigenvalue weighted by Gasteiger charge is 2.21. The number of hydrogen-bond acceptors (Lipinski definition) is 4. The number of primary amides is 1. The Morgan fingerprint density at radius 3 is 2.67 bits per heavy atom. The number of aliphatic hydroxyl groups excluding tert-OH is 2. The van der Waals surface area contributed by atoms with Crippen LogP contribution in [0.2, 0.25) is 0 Å². The van der Waals surface area contributed by atoms with Crippen LogP contribution >= 0.6 is 0 Å². The van der Waals surface area contributed by atoms with E-state index in [1.807, 2.05) is 6.07 Å². The molecule has 6 heteroatoms. The molecule has 0 radical (unpaired) electrons. The largest absolute Gasteiger partial charge is 0.390 e. The van der Waals surface area contributed by atoms with E-state index in [0.29, 0.717) is 0 Å². The summed E-state index contributed by atoms with van der Waals surface area (Å²) in [4.78, 5) is 10.6. The predicted octanol–water partition coefficient (Wildman–Crippen LogP) is 0.161. The van der Waals surface area contributed by atoms with Gasteiger partial charge >= 0.3 is 0 Å². The molecule has 0 saturated heterocycles. The Hall–Kier alpha value is -1.97. The Morgan fingerprint density at radius 1 is 1.50 bits per heavy atom. The molecule has 2 atom stereocenters. The van der Waals surface area contributed by atoms with Crippen LogP contribution in [0.1, 0.15) is 23.7 Å². The molecule has 0 aromatic heterocycles. The Kier molecular flexibility index (Phi) is 4.77. The van der Waals surface area contributed by atoms with Crippen LogP contribution in [0.15, 0.2) is 18.2 Å². The number of nitrogens with two attached hydrogens (primary N) is 1. The summed E-state index contributed by atoms with van der Waals surface area (Å²) in [6, 6.07) is 5.59. The Labute approximate surface area is 103 Å². The Morgan fingerprint density at radius 2 is 2.17 bits per heavy atom. The van der Waals surface area contributed by atoms with Crippen molar-refractivity contribution < 1.29 is 19.4 Å². The monoisotopic (exact) mass is 252 g/mol. The van der Waals surface area contributed by atoms with Crippen LogP contribution in [0.25, 0.3) is 0 Å². The summed E-state index contributed by atoms with van der Waals surface area (Å²) in [6.45, 7) is 0. The topological polar surface area (TPSA) is 107 Å². The summed E-state index contributed by atoms with van der Waals surface area (Å²) in [6.07, 6.45) is -3.28. The van der Waals surface area contributed by atoms with Crippen molar-refractivity contribution in [2.45, 2.75) is 25.0 Å². The SMILES string of the molecule is N#CCc1ccc(C(O)C(O)CC(N)=O)cc1F. The lowest BCUT2D eigenvalue weighted by Crippen LogP contribution is -2.25. The van der Waals surface area contributed by atoms with Crippen LogP contribution in [0, 0.1) is 17.1 Å². The van der Waals surface area contributed by atoms with Crippen LogP contribution < -0.4 is 5.73 Å². The molecular weight excluding hydrogens is 239 g/mol. The zero-order chi connectivity index (χ0) is 13.7. The van der Waals surface area contributed by atoms with Crippen LogP contribution in [-0.2, 0) is 11.2 Å². The summed E-state index contributed by atoms with van der Waals surface area (Å²) in [5.74, 6) is -1.40. The lowest BCUT2D eigenvalue weighted by molar-refractivity contribution is -0.121. The molecular formula is C12H13FN2O3. The molecule has 0 aliphatic rings. The number of halogens is 1. The van der Waals surface area contributed by atoms with E-state index in [1.165, 1.54) is 12.1 Å². The maximum absolute atomic E-state index is 13.5. The van der Waals surface area contributed by atoms with Crippen LogP contribution in [-0.4, -0.2) is 22.2 Å². The molecule has 4 N–H and O–H groups in total. The minimum absolute atomic E-state index is 0.0773. The standard InChI is InChI=1S/C12H13FN2O3/c13-9-5-8(2-1-7(9)3-4-14)12(18)10(16)6-11(15)17/h1-2,5,10,12,16,18H,3,6H2,(H2,15,17). The number of hydrogen-bond donors (Lipinski definition) is 3. The highest BCUT2D eigenvalue weighted by atomic mass is 19.1. The van der Waals surface area contributed by atoms with E-state index < -0.39 is 30.4 Å². The summed E-state index contributed by atoms with van der Waals surface area (Å²) >= 11 is 0. The van der Waals surface area contributed by atoms with Gasteiger partial charge in [-0.3, -0.25) is 4.79 Å². The number of nitrogens with zero attached hydrogens (tertiary/aromatic N) is 1. The molecule has 0 bridgehead atoms. The van der Waals surface area contributed by atoms with Gasteiger partial charge in [-0.1, -0.05) is 12.1 Å². The Bertz CT molecular complexity index is 485. The van der Waals surface area contributed by atoms with Crippen molar-refractivity contribution in [3.8, 4) is 6.07 Å². The summed E-state index contributed by atoms with van der Waals surface area (Å²) in [5.41, 5.74) is 5.22. The van der Waals surface area contributed by atoms with Gasteiger partial charge in [0, 0.05) is 5.56 Å². The average molecular weight is 252 g/mol. The summed E-state index contributed by atoms with van der Waals surface area (Å²) in [7, 11) is 0. The van der Waals surface area contributed by atoms with Crippen LogP contribution in [0.4, 0.5) is 4.39 Å². The van der Waals surface area contributed by atoms with Crippen molar-refractivity contribution in [2.75, 3.05) is 0 Å². The van der Waals surface area contributed by atoms with Crippen molar-refractivity contribution >= 4 is 5.91 Å². The fourth-order valence-electron chi connectivity index (χ4n) is 1.52. The fraction of sp³-hybridized carbons (Fsp3) is 0.333. The van der Waals surface area contributed by atoms with Crippen LogP contribution in [0.3, 0.4) is 0 Å². The number of benzene rings is 1. The zero-order valence-corrected chi connectivity index (χ0v) is 9.51. The zero-order valence-electron chi connectivity index (χ0n) is 9.51. The van der Waals surface area contributed by atoms with Crippen molar-refractivity contribution in [1.29, 1.82) is 5.26 Å². The van der Waals surface area contributed by atoms with Crippen LogP contribution in [0.5, 0.6) is 0 Å². The number of amides is 1.